The average Bonchev–Trinajstić information content (AvgIpc) is 2.70. The van der Waals surface area contributed by atoms with Crippen LogP contribution < -0.4 is 0 Å². The third kappa shape index (κ3) is 3.41. The molecule has 0 aromatic heterocycles. The predicted octanol–water partition coefficient (Wildman–Crippen LogP) is 4.20. The summed E-state index contributed by atoms with van der Waals surface area (Å²) in [6, 6.07) is 7.94. The minimum atomic E-state index is -0.867. The van der Waals surface area contributed by atoms with E-state index in [-0.39, 0.29) is 18.2 Å². The number of aliphatic hydroxyl groups is 1. The van der Waals surface area contributed by atoms with Gasteiger partial charge in [-0.15, -0.1) is 0 Å². The smallest absolute Gasteiger partial charge is 0.410 e. The van der Waals surface area contributed by atoms with Gasteiger partial charge in [0.25, 0.3) is 0 Å². The van der Waals surface area contributed by atoms with Crippen molar-refractivity contribution < 1.29 is 14.6 Å². The zero-order valence-electron chi connectivity index (χ0n) is 13.9. The monoisotopic (exact) mass is 381 g/mol. The molecule has 2 heterocycles. The molecular weight excluding hydrogens is 358 g/mol. The van der Waals surface area contributed by atoms with Gasteiger partial charge in [-0.25, -0.2) is 4.79 Å². The highest BCUT2D eigenvalue weighted by Crippen LogP contribution is 2.46. The van der Waals surface area contributed by atoms with Gasteiger partial charge in [0.05, 0.1) is 5.60 Å². The van der Waals surface area contributed by atoms with Gasteiger partial charge in [-0.05, 0) is 51.3 Å². The first-order valence-corrected chi connectivity index (χ1v) is 8.97. The zero-order chi connectivity index (χ0) is 16.8. The molecule has 2 saturated heterocycles. The van der Waals surface area contributed by atoms with E-state index in [4.69, 9.17) is 4.74 Å². The molecule has 1 amide bonds. The van der Waals surface area contributed by atoms with Crippen molar-refractivity contribution in [2.75, 3.05) is 0 Å². The van der Waals surface area contributed by atoms with Crippen LogP contribution in [0.2, 0.25) is 0 Å². The molecule has 2 atom stereocenters. The fourth-order valence-electron chi connectivity index (χ4n) is 3.85. The number of hydrogen-bond donors (Lipinski definition) is 1. The van der Waals surface area contributed by atoms with Crippen molar-refractivity contribution in [3.8, 4) is 0 Å². The second-order valence-electron chi connectivity index (χ2n) is 7.72. The average molecular weight is 382 g/mol. The van der Waals surface area contributed by atoms with Crippen molar-refractivity contribution in [1.29, 1.82) is 0 Å². The van der Waals surface area contributed by atoms with E-state index in [0.29, 0.717) is 12.8 Å². The van der Waals surface area contributed by atoms with Crippen LogP contribution in [0.15, 0.2) is 28.7 Å². The molecule has 2 aliphatic rings. The molecule has 3 rings (SSSR count). The van der Waals surface area contributed by atoms with Gasteiger partial charge in [0.15, 0.2) is 0 Å². The van der Waals surface area contributed by atoms with E-state index in [0.717, 1.165) is 22.9 Å². The number of carbonyl (C=O) groups is 1. The van der Waals surface area contributed by atoms with E-state index in [2.05, 4.69) is 15.9 Å². The van der Waals surface area contributed by atoms with Crippen molar-refractivity contribution in [2.24, 2.45) is 0 Å². The van der Waals surface area contributed by atoms with E-state index in [1.807, 2.05) is 49.9 Å². The highest BCUT2D eigenvalue weighted by atomic mass is 79.9. The number of ether oxygens (including phenoxy) is 1. The number of carbonyl (C=O) groups excluding carboxylic acids is 1. The number of piperidine rings is 1. The number of halogens is 1. The maximum absolute atomic E-state index is 12.5. The first kappa shape index (κ1) is 16.8. The van der Waals surface area contributed by atoms with Gasteiger partial charge in [0, 0.05) is 29.4 Å². The Balaban J connectivity index is 1.80. The number of rotatable bonds is 1. The Morgan fingerprint density at radius 3 is 2.43 bits per heavy atom. The van der Waals surface area contributed by atoms with Gasteiger partial charge >= 0.3 is 6.09 Å². The molecule has 1 aromatic rings. The molecular formula is C18H24BrNO3. The van der Waals surface area contributed by atoms with E-state index in [1.165, 1.54) is 0 Å². The van der Waals surface area contributed by atoms with E-state index in [1.54, 1.807) is 0 Å². The highest BCUT2D eigenvalue weighted by molar-refractivity contribution is 9.10. The van der Waals surface area contributed by atoms with Crippen molar-refractivity contribution in [2.45, 2.75) is 69.7 Å². The summed E-state index contributed by atoms with van der Waals surface area (Å²) in [6.07, 6.45) is 2.75. The first-order valence-electron chi connectivity index (χ1n) is 8.18. The second-order valence-corrected chi connectivity index (χ2v) is 8.64. The van der Waals surface area contributed by atoms with E-state index in [9.17, 15) is 9.90 Å². The molecule has 0 saturated carbocycles. The topological polar surface area (TPSA) is 49.8 Å². The quantitative estimate of drug-likeness (QED) is 0.792. The Morgan fingerprint density at radius 1 is 1.30 bits per heavy atom. The van der Waals surface area contributed by atoms with Gasteiger partial charge in [-0.1, -0.05) is 28.1 Å². The molecule has 1 N–H and O–H groups in total. The fourth-order valence-corrected chi connectivity index (χ4v) is 4.25. The molecule has 126 valence electrons. The number of benzene rings is 1. The summed E-state index contributed by atoms with van der Waals surface area (Å²) in [7, 11) is 0. The Hall–Kier alpha value is -1.07. The molecule has 5 heteroatoms. The lowest BCUT2D eigenvalue weighted by atomic mass is 9.80. The van der Waals surface area contributed by atoms with Crippen LogP contribution in [0.4, 0.5) is 4.79 Å². The van der Waals surface area contributed by atoms with Gasteiger partial charge < -0.3 is 14.7 Å². The molecule has 2 unspecified atom stereocenters. The lowest BCUT2D eigenvalue weighted by molar-refractivity contribution is -0.0624. The number of nitrogens with zero attached hydrogens (tertiary/aromatic N) is 1. The van der Waals surface area contributed by atoms with Gasteiger partial charge in [-0.3, -0.25) is 0 Å². The molecule has 1 aromatic carbocycles. The zero-order valence-corrected chi connectivity index (χ0v) is 15.5. The van der Waals surface area contributed by atoms with Crippen molar-refractivity contribution in [3.63, 3.8) is 0 Å². The normalized spacial score (nSPS) is 30.4. The number of fused-ring (bicyclic) bond motifs is 2. The summed E-state index contributed by atoms with van der Waals surface area (Å²) < 4.78 is 6.51. The largest absolute Gasteiger partial charge is 0.444 e. The Labute approximate surface area is 145 Å². The lowest BCUT2D eigenvalue weighted by Crippen LogP contribution is -2.53. The minimum Gasteiger partial charge on any atom is -0.444 e. The Morgan fingerprint density at radius 2 is 1.91 bits per heavy atom. The summed E-state index contributed by atoms with van der Waals surface area (Å²) in [5, 5.41) is 11.2. The van der Waals surface area contributed by atoms with Crippen molar-refractivity contribution in [1.82, 2.24) is 4.90 Å². The molecule has 2 aliphatic heterocycles. The van der Waals surface area contributed by atoms with Crippen molar-refractivity contribution in [3.05, 3.63) is 34.3 Å². The number of amides is 1. The Kier molecular flexibility index (Phi) is 4.21. The summed E-state index contributed by atoms with van der Waals surface area (Å²) in [4.78, 5) is 14.3. The molecule has 4 nitrogen and oxygen atoms in total. The van der Waals surface area contributed by atoms with Crippen LogP contribution in [-0.4, -0.2) is 33.8 Å². The summed E-state index contributed by atoms with van der Waals surface area (Å²) >= 11 is 3.47. The van der Waals surface area contributed by atoms with Crippen LogP contribution in [0.3, 0.4) is 0 Å². The highest BCUT2D eigenvalue weighted by Gasteiger charge is 2.51. The van der Waals surface area contributed by atoms with Gasteiger partial charge in [0.2, 0.25) is 0 Å². The van der Waals surface area contributed by atoms with Crippen LogP contribution in [0, 0.1) is 0 Å². The van der Waals surface area contributed by atoms with E-state index < -0.39 is 11.2 Å². The maximum atomic E-state index is 12.5. The molecule has 0 spiro atoms. The van der Waals surface area contributed by atoms with Gasteiger partial charge in [0.1, 0.15) is 5.60 Å². The lowest BCUT2D eigenvalue weighted by Gasteiger charge is -2.44. The van der Waals surface area contributed by atoms with Crippen LogP contribution >= 0.6 is 15.9 Å². The predicted molar refractivity (Wildman–Crippen MR) is 92.2 cm³/mol. The Bertz CT molecular complexity index is 597. The minimum absolute atomic E-state index is 0.0487. The van der Waals surface area contributed by atoms with Crippen LogP contribution in [0.5, 0.6) is 0 Å². The van der Waals surface area contributed by atoms with E-state index >= 15 is 0 Å². The third-order valence-corrected chi connectivity index (χ3v) is 5.23. The number of hydrogen-bond acceptors (Lipinski definition) is 3. The van der Waals surface area contributed by atoms with Crippen molar-refractivity contribution >= 4 is 22.0 Å². The first-order chi connectivity index (χ1) is 10.7. The van der Waals surface area contributed by atoms with Gasteiger partial charge in [-0.2, -0.15) is 0 Å². The fraction of sp³-hybridized carbons (Fsp3) is 0.611. The van der Waals surface area contributed by atoms with Crippen LogP contribution in [-0.2, 0) is 10.3 Å². The second kappa shape index (κ2) is 5.78. The SMILES string of the molecule is CC(C)(C)OC(=O)N1C2CCC1CC(O)(c1cccc(Br)c1)C2. The molecule has 2 fully saturated rings. The van der Waals surface area contributed by atoms with Crippen LogP contribution in [0.1, 0.15) is 52.0 Å². The van der Waals surface area contributed by atoms with Crippen LogP contribution in [0.25, 0.3) is 0 Å². The molecule has 0 aliphatic carbocycles. The summed E-state index contributed by atoms with van der Waals surface area (Å²) in [5.41, 5.74) is -0.435. The summed E-state index contributed by atoms with van der Waals surface area (Å²) in [6.45, 7) is 5.65. The molecule has 0 radical (unpaired) electrons. The maximum Gasteiger partial charge on any atom is 0.410 e. The summed E-state index contributed by atoms with van der Waals surface area (Å²) in [5.74, 6) is 0. The molecule has 2 bridgehead atoms. The molecule has 23 heavy (non-hydrogen) atoms. The standard InChI is InChI=1S/C18H24BrNO3/c1-17(2,3)23-16(21)20-14-7-8-15(20)11-18(22,10-14)12-5-4-6-13(19)9-12/h4-6,9,14-15,22H,7-8,10-11H2,1-3H3. The third-order valence-electron chi connectivity index (χ3n) is 4.73.